The molecule has 0 bridgehead atoms. The van der Waals surface area contributed by atoms with Crippen LogP contribution in [0, 0.1) is 6.92 Å². The van der Waals surface area contributed by atoms with Crippen molar-refractivity contribution < 1.29 is 4.74 Å². The summed E-state index contributed by atoms with van der Waals surface area (Å²) >= 11 is 1.87. The minimum absolute atomic E-state index is 0.247. The number of nitrogens with one attached hydrogen (secondary N) is 1. The Kier molecular flexibility index (Phi) is 4.61. The number of fused-ring (bicyclic) bond motifs is 1. The van der Waals surface area contributed by atoms with E-state index in [1.165, 1.54) is 20.9 Å². The highest BCUT2D eigenvalue weighted by Gasteiger charge is 2.22. The first-order valence-electron chi connectivity index (χ1n) is 7.84. The topological polar surface area (TPSA) is 21.3 Å². The Morgan fingerprint density at radius 1 is 1.29 bits per heavy atom. The maximum atomic E-state index is 6.01. The van der Waals surface area contributed by atoms with Gasteiger partial charge in [-0.3, -0.25) is 0 Å². The molecule has 21 heavy (non-hydrogen) atoms. The van der Waals surface area contributed by atoms with E-state index in [1.807, 2.05) is 11.3 Å². The second-order valence-corrected chi connectivity index (χ2v) is 6.94. The third kappa shape index (κ3) is 3.14. The van der Waals surface area contributed by atoms with Gasteiger partial charge in [-0.1, -0.05) is 25.1 Å². The van der Waals surface area contributed by atoms with Gasteiger partial charge in [-0.25, -0.2) is 0 Å². The van der Waals surface area contributed by atoms with Crippen LogP contribution in [0.1, 0.15) is 46.7 Å². The number of thiophene rings is 1. The number of aryl methyl sites for hydroxylation is 2. The minimum Gasteiger partial charge on any atom is -0.493 e. The number of ether oxygens (including phenoxy) is 1. The van der Waals surface area contributed by atoms with E-state index < -0.39 is 0 Å². The Labute approximate surface area is 131 Å². The van der Waals surface area contributed by atoms with E-state index in [-0.39, 0.29) is 6.04 Å². The first kappa shape index (κ1) is 14.6. The molecule has 0 radical (unpaired) electrons. The number of hydrogen-bond acceptors (Lipinski definition) is 3. The van der Waals surface area contributed by atoms with Gasteiger partial charge in [0.15, 0.2) is 0 Å². The Balaban J connectivity index is 2.00. The molecule has 1 aliphatic heterocycles. The van der Waals surface area contributed by atoms with E-state index in [0.717, 1.165) is 38.2 Å². The third-order valence-corrected chi connectivity index (χ3v) is 4.98. The maximum absolute atomic E-state index is 6.01. The largest absolute Gasteiger partial charge is 0.493 e. The van der Waals surface area contributed by atoms with Crippen molar-refractivity contribution in [1.29, 1.82) is 0 Å². The van der Waals surface area contributed by atoms with Gasteiger partial charge in [-0.2, -0.15) is 0 Å². The van der Waals surface area contributed by atoms with Gasteiger partial charge in [-0.15, -0.1) is 11.3 Å². The summed E-state index contributed by atoms with van der Waals surface area (Å²) in [5, 5.41) is 3.70. The van der Waals surface area contributed by atoms with E-state index in [9.17, 15) is 0 Å². The molecule has 1 aliphatic rings. The molecule has 1 aromatic carbocycles. The highest BCUT2D eigenvalue weighted by Crippen LogP contribution is 2.37. The van der Waals surface area contributed by atoms with Crippen LogP contribution in [0.3, 0.4) is 0 Å². The minimum atomic E-state index is 0.247. The molecule has 0 fully saturated rings. The lowest BCUT2D eigenvalue weighted by Crippen LogP contribution is -2.24. The van der Waals surface area contributed by atoms with Crippen LogP contribution in [0.25, 0.3) is 0 Å². The van der Waals surface area contributed by atoms with Gasteiger partial charge in [0.05, 0.1) is 12.6 Å². The smallest absolute Gasteiger partial charge is 0.127 e. The summed E-state index contributed by atoms with van der Waals surface area (Å²) in [4.78, 5) is 2.74. The molecule has 0 aliphatic carbocycles. The quantitative estimate of drug-likeness (QED) is 0.879. The molecular formula is C18H23NOS. The van der Waals surface area contributed by atoms with Gasteiger partial charge >= 0.3 is 0 Å². The van der Waals surface area contributed by atoms with Gasteiger partial charge in [0.2, 0.25) is 0 Å². The first-order valence-corrected chi connectivity index (χ1v) is 8.65. The van der Waals surface area contributed by atoms with Gasteiger partial charge in [0.25, 0.3) is 0 Å². The zero-order valence-corrected chi connectivity index (χ0v) is 13.6. The predicted molar refractivity (Wildman–Crippen MR) is 89.5 cm³/mol. The number of para-hydroxylation sites is 1. The number of hydrogen-bond donors (Lipinski definition) is 1. The fourth-order valence-corrected chi connectivity index (χ4v) is 3.87. The van der Waals surface area contributed by atoms with Gasteiger partial charge in [0, 0.05) is 15.3 Å². The molecule has 0 saturated carbocycles. The molecule has 2 heterocycles. The SMILES string of the molecule is CCCNC(c1ccc(C)s1)c1cccc2c1OCCC2. The molecule has 0 saturated heterocycles. The normalized spacial score (nSPS) is 15.3. The zero-order chi connectivity index (χ0) is 14.7. The second kappa shape index (κ2) is 6.63. The zero-order valence-electron chi connectivity index (χ0n) is 12.8. The molecule has 1 N–H and O–H groups in total. The van der Waals surface area contributed by atoms with E-state index in [4.69, 9.17) is 4.74 Å². The van der Waals surface area contributed by atoms with Crippen molar-refractivity contribution in [2.24, 2.45) is 0 Å². The fourth-order valence-electron chi connectivity index (χ4n) is 2.90. The monoisotopic (exact) mass is 301 g/mol. The maximum Gasteiger partial charge on any atom is 0.127 e. The predicted octanol–water partition coefficient (Wildman–Crippen LogP) is 4.47. The van der Waals surface area contributed by atoms with Crippen LogP contribution in [0.4, 0.5) is 0 Å². The van der Waals surface area contributed by atoms with Crippen molar-refractivity contribution in [2.45, 2.75) is 39.2 Å². The summed E-state index contributed by atoms with van der Waals surface area (Å²) in [7, 11) is 0. The fraction of sp³-hybridized carbons (Fsp3) is 0.444. The van der Waals surface area contributed by atoms with Crippen molar-refractivity contribution in [3.8, 4) is 5.75 Å². The molecular weight excluding hydrogens is 278 g/mol. The van der Waals surface area contributed by atoms with Gasteiger partial charge in [-0.05, 0) is 50.4 Å². The van der Waals surface area contributed by atoms with Gasteiger partial charge in [0.1, 0.15) is 5.75 Å². The number of benzene rings is 1. The lowest BCUT2D eigenvalue weighted by atomic mass is 9.97. The van der Waals surface area contributed by atoms with Crippen LogP contribution in [-0.2, 0) is 6.42 Å². The second-order valence-electron chi connectivity index (χ2n) is 5.62. The van der Waals surface area contributed by atoms with Crippen LogP contribution in [0.2, 0.25) is 0 Å². The standard InChI is InChI=1S/C18H23NOS/c1-3-11-19-17(16-10-9-13(2)21-16)15-8-4-6-14-7-5-12-20-18(14)15/h4,6,8-10,17,19H,3,5,7,11-12H2,1-2H3. The first-order chi connectivity index (χ1) is 10.3. The average Bonchev–Trinajstić information content (AvgIpc) is 2.94. The van der Waals surface area contributed by atoms with Crippen LogP contribution < -0.4 is 10.1 Å². The van der Waals surface area contributed by atoms with Crippen molar-refractivity contribution in [1.82, 2.24) is 5.32 Å². The molecule has 2 nitrogen and oxygen atoms in total. The summed E-state index contributed by atoms with van der Waals surface area (Å²) in [6.45, 7) is 6.24. The number of rotatable bonds is 5. The van der Waals surface area contributed by atoms with Crippen LogP contribution in [-0.4, -0.2) is 13.2 Å². The van der Waals surface area contributed by atoms with Crippen molar-refractivity contribution >= 4 is 11.3 Å². The summed E-state index contributed by atoms with van der Waals surface area (Å²) in [5.41, 5.74) is 2.65. The highest BCUT2D eigenvalue weighted by molar-refractivity contribution is 7.12. The van der Waals surface area contributed by atoms with E-state index in [0.29, 0.717) is 0 Å². The summed E-state index contributed by atoms with van der Waals surface area (Å²) in [5.74, 6) is 1.11. The Hall–Kier alpha value is -1.32. The molecule has 3 heteroatoms. The van der Waals surface area contributed by atoms with Crippen LogP contribution in [0.5, 0.6) is 5.75 Å². The molecule has 2 aromatic rings. The lowest BCUT2D eigenvalue weighted by molar-refractivity contribution is 0.283. The molecule has 0 spiro atoms. The van der Waals surface area contributed by atoms with E-state index in [1.54, 1.807) is 0 Å². The van der Waals surface area contributed by atoms with Crippen molar-refractivity contribution in [3.05, 3.63) is 51.2 Å². The molecule has 3 rings (SSSR count). The Morgan fingerprint density at radius 3 is 2.95 bits per heavy atom. The molecule has 112 valence electrons. The highest BCUT2D eigenvalue weighted by atomic mass is 32.1. The lowest BCUT2D eigenvalue weighted by Gasteiger charge is -2.25. The summed E-state index contributed by atoms with van der Waals surface area (Å²) in [6.07, 6.45) is 3.39. The summed E-state index contributed by atoms with van der Waals surface area (Å²) < 4.78 is 6.01. The Bertz CT molecular complexity index is 605. The summed E-state index contributed by atoms with van der Waals surface area (Å²) in [6, 6.07) is 11.3. The van der Waals surface area contributed by atoms with Crippen molar-refractivity contribution in [2.75, 3.05) is 13.2 Å². The van der Waals surface area contributed by atoms with E-state index in [2.05, 4.69) is 49.5 Å². The molecule has 1 unspecified atom stereocenters. The van der Waals surface area contributed by atoms with E-state index >= 15 is 0 Å². The molecule has 1 atom stereocenters. The Morgan fingerprint density at radius 2 is 2.19 bits per heavy atom. The van der Waals surface area contributed by atoms with Crippen LogP contribution >= 0.6 is 11.3 Å². The van der Waals surface area contributed by atoms with Crippen LogP contribution in [0.15, 0.2) is 30.3 Å². The molecule has 0 amide bonds. The van der Waals surface area contributed by atoms with Gasteiger partial charge < -0.3 is 10.1 Å². The molecule has 1 aromatic heterocycles. The van der Waals surface area contributed by atoms with Crippen molar-refractivity contribution in [3.63, 3.8) is 0 Å². The third-order valence-electron chi connectivity index (χ3n) is 3.92. The average molecular weight is 301 g/mol.